The van der Waals surface area contributed by atoms with Crippen LogP contribution in [0.25, 0.3) is 0 Å². The first-order valence-electron chi connectivity index (χ1n) is 5.80. The SMILES string of the molecule is CCC(F)(CC)C(=O)N(F)F.C[N+](C)(C)CCO.[Cl-]. The number of alkyl halides is 1. The van der Waals surface area contributed by atoms with Gasteiger partial charge in [0.1, 0.15) is 6.54 Å². The molecule has 19 heavy (non-hydrogen) atoms. The molecule has 0 aromatic heterocycles. The van der Waals surface area contributed by atoms with Gasteiger partial charge in [-0.05, 0) is 12.8 Å². The standard InChI is InChI=1S/C6H10F3NO.C5H14NO.ClH/c1-3-6(7,4-2)5(11)10(8)9;1-6(2,3)4-5-7;/h3-4H2,1-2H3;7H,4-5H2,1-3H3;1H/q;+1;/p-1. The molecule has 118 valence electrons. The maximum atomic E-state index is 13.0. The van der Waals surface area contributed by atoms with Gasteiger partial charge in [-0.3, -0.25) is 4.79 Å². The van der Waals surface area contributed by atoms with E-state index in [9.17, 15) is 18.1 Å². The van der Waals surface area contributed by atoms with E-state index in [0.29, 0.717) is 0 Å². The van der Waals surface area contributed by atoms with E-state index in [2.05, 4.69) is 21.1 Å². The number of aliphatic hydroxyl groups is 1. The van der Waals surface area contributed by atoms with Crippen molar-refractivity contribution in [2.24, 2.45) is 0 Å². The summed E-state index contributed by atoms with van der Waals surface area (Å²) in [6.45, 7) is 3.82. The predicted octanol–water partition coefficient (Wildman–Crippen LogP) is -1.20. The van der Waals surface area contributed by atoms with E-state index in [4.69, 9.17) is 5.11 Å². The molecule has 0 aromatic rings. The number of hydrogen-bond donors (Lipinski definition) is 1. The number of likely N-dealkylation sites (N-methyl/N-ethyl adjacent to an activating group) is 1. The van der Waals surface area contributed by atoms with Crippen molar-refractivity contribution in [1.82, 2.24) is 5.34 Å². The van der Waals surface area contributed by atoms with Crippen LogP contribution < -0.4 is 12.4 Å². The van der Waals surface area contributed by atoms with E-state index < -0.39 is 16.9 Å². The molecule has 0 aromatic carbocycles. The minimum Gasteiger partial charge on any atom is -1.00 e. The molecule has 0 fully saturated rings. The summed E-state index contributed by atoms with van der Waals surface area (Å²) in [6.07, 6.45) is -0.459. The van der Waals surface area contributed by atoms with Crippen molar-refractivity contribution in [3.05, 3.63) is 0 Å². The van der Waals surface area contributed by atoms with Crippen molar-refractivity contribution in [3.8, 4) is 0 Å². The van der Waals surface area contributed by atoms with Crippen LogP contribution in [0.5, 0.6) is 0 Å². The summed E-state index contributed by atoms with van der Waals surface area (Å²) in [7, 11) is 6.16. The Morgan fingerprint density at radius 1 is 1.21 bits per heavy atom. The van der Waals surface area contributed by atoms with Gasteiger partial charge in [0.15, 0.2) is 5.67 Å². The fraction of sp³-hybridized carbons (Fsp3) is 0.909. The van der Waals surface area contributed by atoms with Crippen LogP contribution >= 0.6 is 0 Å². The molecule has 0 radical (unpaired) electrons. The van der Waals surface area contributed by atoms with Crippen LogP contribution in [0, 0.1) is 0 Å². The Morgan fingerprint density at radius 3 is 1.63 bits per heavy atom. The van der Waals surface area contributed by atoms with Crippen molar-refractivity contribution >= 4 is 5.91 Å². The number of nitrogens with zero attached hydrogens (tertiary/aromatic N) is 2. The largest absolute Gasteiger partial charge is 1.00 e. The Balaban J connectivity index is -0.000000280. The molecule has 0 heterocycles. The minimum absolute atomic E-state index is 0. The summed E-state index contributed by atoms with van der Waals surface area (Å²) in [5.41, 5.74) is -2.40. The summed E-state index contributed by atoms with van der Waals surface area (Å²) in [4.78, 5) is 10.4. The number of carbonyl (C=O) groups excluding carboxylic acids is 1. The molecule has 0 atom stereocenters. The Labute approximate surface area is 119 Å². The fourth-order valence-corrected chi connectivity index (χ4v) is 1.00. The molecule has 0 spiro atoms. The number of carbonyl (C=O) groups is 1. The molecular weight excluding hydrogens is 285 g/mol. The van der Waals surface area contributed by atoms with E-state index in [0.717, 1.165) is 11.0 Å². The molecular formula is C11H24ClF3N2O2. The molecule has 0 aliphatic heterocycles. The van der Waals surface area contributed by atoms with Crippen molar-refractivity contribution in [3.63, 3.8) is 0 Å². The quantitative estimate of drug-likeness (QED) is 0.512. The highest BCUT2D eigenvalue weighted by Gasteiger charge is 2.39. The van der Waals surface area contributed by atoms with Crippen LogP contribution in [0.4, 0.5) is 13.4 Å². The highest BCUT2D eigenvalue weighted by molar-refractivity contribution is 5.83. The maximum Gasteiger partial charge on any atom is 0.320 e. The molecule has 0 rings (SSSR count). The normalized spacial score (nSPS) is 11.0. The average Bonchev–Trinajstić information content (AvgIpc) is 2.26. The van der Waals surface area contributed by atoms with Crippen molar-refractivity contribution in [2.45, 2.75) is 32.4 Å². The van der Waals surface area contributed by atoms with E-state index in [1.807, 2.05) is 0 Å². The first-order chi connectivity index (χ1) is 8.04. The third-order valence-corrected chi connectivity index (χ3v) is 2.43. The molecule has 0 saturated carbocycles. The van der Waals surface area contributed by atoms with Crippen LogP contribution in [-0.4, -0.2) is 60.8 Å². The van der Waals surface area contributed by atoms with Crippen LogP contribution in [0.3, 0.4) is 0 Å². The molecule has 0 saturated heterocycles. The Kier molecular flexibility index (Phi) is 12.7. The zero-order valence-electron chi connectivity index (χ0n) is 12.1. The summed E-state index contributed by atoms with van der Waals surface area (Å²) < 4.78 is 36.9. The van der Waals surface area contributed by atoms with Gasteiger partial charge in [0.2, 0.25) is 0 Å². The number of halogens is 4. The topological polar surface area (TPSA) is 40.5 Å². The number of hydrogen-bond acceptors (Lipinski definition) is 2. The molecule has 0 unspecified atom stereocenters. The predicted molar refractivity (Wildman–Crippen MR) is 63.5 cm³/mol. The Bertz CT molecular complexity index is 245. The van der Waals surface area contributed by atoms with Crippen molar-refractivity contribution in [2.75, 3.05) is 34.3 Å². The lowest BCUT2D eigenvalue weighted by molar-refractivity contribution is -0.870. The smallest absolute Gasteiger partial charge is 0.320 e. The Hall–Kier alpha value is -0.530. The highest BCUT2D eigenvalue weighted by atomic mass is 35.5. The third kappa shape index (κ3) is 11.0. The zero-order valence-corrected chi connectivity index (χ0v) is 12.8. The summed E-state index contributed by atoms with van der Waals surface area (Å²) >= 11 is 0. The van der Waals surface area contributed by atoms with Crippen molar-refractivity contribution < 1.29 is 40.1 Å². The van der Waals surface area contributed by atoms with Crippen LogP contribution in [-0.2, 0) is 4.79 Å². The molecule has 1 N–H and O–H groups in total. The van der Waals surface area contributed by atoms with Gasteiger partial charge < -0.3 is 22.0 Å². The first-order valence-corrected chi connectivity index (χ1v) is 5.80. The highest BCUT2D eigenvalue weighted by Crippen LogP contribution is 2.23. The van der Waals surface area contributed by atoms with E-state index in [-0.39, 0.29) is 31.9 Å². The number of amides is 1. The van der Waals surface area contributed by atoms with Gasteiger partial charge in [0, 0.05) is 5.34 Å². The minimum atomic E-state index is -2.40. The van der Waals surface area contributed by atoms with Crippen LogP contribution in [0.15, 0.2) is 0 Å². The van der Waals surface area contributed by atoms with E-state index >= 15 is 0 Å². The molecule has 0 aliphatic rings. The Morgan fingerprint density at radius 2 is 1.58 bits per heavy atom. The second-order valence-electron chi connectivity index (χ2n) is 4.95. The van der Waals surface area contributed by atoms with Gasteiger partial charge in [0.05, 0.1) is 27.7 Å². The molecule has 1 amide bonds. The first kappa shape index (κ1) is 23.6. The molecule has 8 heteroatoms. The van der Waals surface area contributed by atoms with Gasteiger partial charge in [-0.1, -0.05) is 22.8 Å². The maximum absolute atomic E-state index is 13.0. The van der Waals surface area contributed by atoms with Gasteiger partial charge in [-0.25, -0.2) is 4.39 Å². The summed E-state index contributed by atoms with van der Waals surface area (Å²) in [5, 5.41) is 6.68. The molecule has 4 nitrogen and oxygen atoms in total. The van der Waals surface area contributed by atoms with Gasteiger partial charge in [-0.2, -0.15) is 0 Å². The molecule has 0 bridgehead atoms. The average molecular weight is 309 g/mol. The lowest BCUT2D eigenvalue weighted by atomic mass is 9.99. The molecule has 0 aliphatic carbocycles. The zero-order chi connectivity index (χ0) is 15.0. The summed E-state index contributed by atoms with van der Waals surface area (Å²) in [5.74, 6) is -1.76. The second kappa shape index (κ2) is 10.3. The van der Waals surface area contributed by atoms with E-state index in [1.165, 1.54) is 13.8 Å². The van der Waals surface area contributed by atoms with E-state index in [1.54, 1.807) is 0 Å². The fourth-order valence-electron chi connectivity index (χ4n) is 1.00. The van der Waals surface area contributed by atoms with Crippen LogP contribution in [0.1, 0.15) is 26.7 Å². The number of quaternary nitrogens is 1. The van der Waals surface area contributed by atoms with Gasteiger partial charge in [-0.15, -0.1) is 0 Å². The number of aliphatic hydroxyl groups excluding tert-OH is 1. The second-order valence-corrected chi connectivity index (χ2v) is 4.95. The summed E-state index contributed by atoms with van der Waals surface area (Å²) in [6, 6.07) is 0. The van der Waals surface area contributed by atoms with Crippen LogP contribution in [0.2, 0.25) is 0 Å². The third-order valence-electron chi connectivity index (χ3n) is 2.43. The number of rotatable bonds is 5. The monoisotopic (exact) mass is 308 g/mol. The lowest BCUT2D eigenvalue weighted by Crippen LogP contribution is -3.00. The van der Waals surface area contributed by atoms with Crippen molar-refractivity contribution in [1.29, 1.82) is 0 Å². The lowest BCUT2D eigenvalue weighted by Gasteiger charge is -2.21. The van der Waals surface area contributed by atoms with Gasteiger partial charge in [0.25, 0.3) is 0 Å². The van der Waals surface area contributed by atoms with Gasteiger partial charge >= 0.3 is 5.91 Å².